The quantitative estimate of drug-likeness (QED) is 0.780. The smallest absolute Gasteiger partial charge is 0.239 e. The van der Waals surface area contributed by atoms with Crippen LogP contribution in [0.4, 0.5) is 5.82 Å². The van der Waals surface area contributed by atoms with E-state index < -0.39 is 0 Å². The number of hydrogen-bond acceptors (Lipinski definition) is 5. The molecule has 1 saturated heterocycles. The van der Waals surface area contributed by atoms with E-state index in [0.29, 0.717) is 24.0 Å². The molecule has 1 aromatic carbocycles. The Morgan fingerprint density at radius 2 is 2.23 bits per heavy atom. The number of carbonyl (C=O) groups excluding carboxylic acids is 1. The molecule has 1 amide bonds. The molecule has 7 heteroatoms. The molecule has 136 valence electrons. The van der Waals surface area contributed by atoms with Crippen molar-refractivity contribution >= 4 is 22.8 Å². The second-order valence-corrected chi connectivity index (χ2v) is 6.96. The highest BCUT2D eigenvalue weighted by Crippen LogP contribution is 2.28. The van der Waals surface area contributed by atoms with Crippen molar-refractivity contribution in [3.63, 3.8) is 0 Å². The summed E-state index contributed by atoms with van der Waals surface area (Å²) in [4.78, 5) is 19.3. The molecule has 0 spiro atoms. The van der Waals surface area contributed by atoms with E-state index >= 15 is 0 Å². The Bertz CT molecular complexity index is 929. The van der Waals surface area contributed by atoms with Crippen LogP contribution in [0.1, 0.15) is 30.3 Å². The Morgan fingerprint density at radius 1 is 1.38 bits per heavy atom. The number of piperidine rings is 1. The standard InChI is InChI=1S/C19H23N5O2/c1-13-10-17(22-26-13)21-18(25)12-24-9-5-6-14(11-24)19-20-15-7-3-4-8-16(15)23(19)2/h3-4,7-8,10,14H,5-6,9,11-12H2,1-2H3,(H,21,22,25). The minimum Gasteiger partial charge on any atom is -0.360 e. The highest BCUT2D eigenvalue weighted by Gasteiger charge is 2.26. The average Bonchev–Trinajstić information content (AvgIpc) is 3.19. The summed E-state index contributed by atoms with van der Waals surface area (Å²) in [6.07, 6.45) is 2.15. The first kappa shape index (κ1) is 16.8. The molecule has 1 aliphatic rings. The fourth-order valence-corrected chi connectivity index (χ4v) is 3.75. The van der Waals surface area contributed by atoms with Crippen LogP contribution < -0.4 is 5.32 Å². The monoisotopic (exact) mass is 353 g/mol. The lowest BCUT2D eigenvalue weighted by Crippen LogP contribution is -2.40. The molecule has 4 rings (SSSR count). The van der Waals surface area contributed by atoms with Gasteiger partial charge in [-0.15, -0.1) is 0 Å². The zero-order chi connectivity index (χ0) is 18.1. The van der Waals surface area contributed by atoms with E-state index in [1.165, 1.54) is 0 Å². The SMILES string of the molecule is Cc1cc(NC(=O)CN2CCCC(c3nc4ccccc4n3C)C2)no1. The number of aryl methyl sites for hydroxylation is 2. The molecule has 1 N–H and O–H groups in total. The molecular weight excluding hydrogens is 330 g/mol. The third-order valence-corrected chi connectivity index (χ3v) is 4.96. The van der Waals surface area contributed by atoms with Crippen molar-refractivity contribution in [1.29, 1.82) is 0 Å². The first-order valence-corrected chi connectivity index (χ1v) is 8.97. The largest absolute Gasteiger partial charge is 0.360 e. The van der Waals surface area contributed by atoms with E-state index in [9.17, 15) is 4.79 Å². The Balaban J connectivity index is 1.43. The van der Waals surface area contributed by atoms with E-state index in [0.717, 1.165) is 42.8 Å². The van der Waals surface area contributed by atoms with Gasteiger partial charge >= 0.3 is 0 Å². The van der Waals surface area contributed by atoms with Gasteiger partial charge in [0.25, 0.3) is 0 Å². The van der Waals surface area contributed by atoms with Crippen molar-refractivity contribution in [3.05, 3.63) is 41.9 Å². The fourth-order valence-electron chi connectivity index (χ4n) is 3.75. The summed E-state index contributed by atoms with van der Waals surface area (Å²) in [5.74, 6) is 2.52. The first-order chi connectivity index (χ1) is 12.6. The normalized spacial score (nSPS) is 18.3. The minimum absolute atomic E-state index is 0.0658. The maximum Gasteiger partial charge on any atom is 0.239 e. The molecule has 1 fully saturated rings. The van der Waals surface area contributed by atoms with Crippen LogP contribution in [-0.2, 0) is 11.8 Å². The van der Waals surface area contributed by atoms with Crippen LogP contribution in [0.3, 0.4) is 0 Å². The van der Waals surface area contributed by atoms with Gasteiger partial charge in [-0.1, -0.05) is 17.3 Å². The summed E-state index contributed by atoms with van der Waals surface area (Å²) in [6.45, 7) is 3.91. The molecule has 0 bridgehead atoms. The van der Waals surface area contributed by atoms with E-state index in [-0.39, 0.29) is 5.91 Å². The lowest BCUT2D eigenvalue weighted by atomic mass is 9.97. The van der Waals surface area contributed by atoms with Crippen LogP contribution >= 0.6 is 0 Å². The summed E-state index contributed by atoms with van der Waals surface area (Å²) in [6, 6.07) is 9.92. The molecule has 0 aliphatic carbocycles. The summed E-state index contributed by atoms with van der Waals surface area (Å²) >= 11 is 0. The molecule has 26 heavy (non-hydrogen) atoms. The zero-order valence-electron chi connectivity index (χ0n) is 15.1. The number of aromatic nitrogens is 3. The number of benzene rings is 1. The highest BCUT2D eigenvalue weighted by atomic mass is 16.5. The van der Waals surface area contributed by atoms with Crippen molar-refractivity contribution < 1.29 is 9.32 Å². The molecule has 0 radical (unpaired) electrons. The number of amides is 1. The third-order valence-electron chi connectivity index (χ3n) is 4.96. The van der Waals surface area contributed by atoms with E-state index in [4.69, 9.17) is 9.51 Å². The number of carbonyl (C=O) groups is 1. The van der Waals surface area contributed by atoms with E-state index in [1.807, 2.05) is 18.2 Å². The van der Waals surface area contributed by atoms with Gasteiger partial charge < -0.3 is 14.4 Å². The Hall–Kier alpha value is -2.67. The van der Waals surface area contributed by atoms with Crippen LogP contribution in [0.2, 0.25) is 0 Å². The van der Waals surface area contributed by atoms with Gasteiger partial charge in [-0.3, -0.25) is 9.69 Å². The first-order valence-electron chi connectivity index (χ1n) is 8.97. The van der Waals surface area contributed by atoms with Crippen molar-refractivity contribution in [2.45, 2.75) is 25.7 Å². The van der Waals surface area contributed by atoms with E-state index in [1.54, 1.807) is 13.0 Å². The molecular formula is C19H23N5O2. The number of rotatable bonds is 4. The predicted octanol–water partition coefficient (Wildman–Crippen LogP) is 2.69. The zero-order valence-corrected chi connectivity index (χ0v) is 15.1. The number of fused-ring (bicyclic) bond motifs is 1. The second kappa shape index (κ2) is 6.92. The van der Waals surface area contributed by atoms with Gasteiger partial charge in [-0.25, -0.2) is 4.98 Å². The maximum atomic E-state index is 12.3. The number of nitrogens with zero attached hydrogens (tertiary/aromatic N) is 4. The lowest BCUT2D eigenvalue weighted by Gasteiger charge is -2.31. The van der Waals surface area contributed by atoms with Crippen LogP contribution in [0.15, 0.2) is 34.9 Å². The van der Waals surface area contributed by atoms with Gasteiger partial charge in [0.15, 0.2) is 5.82 Å². The molecule has 3 aromatic rings. The maximum absolute atomic E-state index is 12.3. The number of hydrogen-bond donors (Lipinski definition) is 1. The van der Waals surface area contributed by atoms with Crippen LogP contribution in [0, 0.1) is 6.92 Å². The van der Waals surface area contributed by atoms with Crippen molar-refractivity contribution in [2.75, 3.05) is 25.0 Å². The summed E-state index contributed by atoms with van der Waals surface area (Å²) in [5, 5.41) is 6.60. The van der Waals surface area contributed by atoms with Crippen molar-refractivity contribution in [2.24, 2.45) is 7.05 Å². The minimum atomic E-state index is -0.0658. The van der Waals surface area contributed by atoms with Gasteiger partial charge in [-0.05, 0) is 38.4 Å². The second-order valence-electron chi connectivity index (χ2n) is 6.96. The third kappa shape index (κ3) is 3.35. The lowest BCUT2D eigenvalue weighted by molar-refractivity contribution is -0.117. The van der Waals surface area contributed by atoms with Gasteiger partial charge in [0, 0.05) is 25.6 Å². The van der Waals surface area contributed by atoms with Gasteiger partial charge in [0.2, 0.25) is 5.91 Å². The average molecular weight is 353 g/mol. The Labute approximate surface area is 152 Å². The highest BCUT2D eigenvalue weighted by molar-refractivity contribution is 5.91. The van der Waals surface area contributed by atoms with Gasteiger partial charge in [-0.2, -0.15) is 0 Å². The molecule has 7 nitrogen and oxygen atoms in total. The molecule has 0 saturated carbocycles. The Morgan fingerprint density at radius 3 is 3.00 bits per heavy atom. The number of nitrogens with one attached hydrogen (secondary N) is 1. The molecule has 3 heterocycles. The van der Waals surface area contributed by atoms with Gasteiger partial charge in [0.05, 0.1) is 17.6 Å². The number of para-hydroxylation sites is 2. The van der Waals surface area contributed by atoms with Crippen LogP contribution in [-0.4, -0.2) is 45.1 Å². The number of anilines is 1. The van der Waals surface area contributed by atoms with Crippen molar-refractivity contribution in [1.82, 2.24) is 19.6 Å². The van der Waals surface area contributed by atoms with Crippen molar-refractivity contribution in [3.8, 4) is 0 Å². The molecule has 1 aliphatic heterocycles. The van der Waals surface area contributed by atoms with Gasteiger partial charge in [0.1, 0.15) is 11.6 Å². The number of imidazole rings is 1. The van der Waals surface area contributed by atoms with Crippen LogP contribution in [0.5, 0.6) is 0 Å². The molecule has 1 atom stereocenters. The van der Waals surface area contributed by atoms with Crippen LogP contribution in [0.25, 0.3) is 11.0 Å². The topological polar surface area (TPSA) is 76.2 Å². The summed E-state index contributed by atoms with van der Waals surface area (Å²) in [5.41, 5.74) is 2.18. The fraction of sp³-hybridized carbons (Fsp3) is 0.421. The number of likely N-dealkylation sites (tertiary alicyclic amines) is 1. The summed E-state index contributed by atoms with van der Waals surface area (Å²) in [7, 11) is 2.07. The Kier molecular flexibility index (Phi) is 4.46. The molecule has 2 aromatic heterocycles. The predicted molar refractivity (Wildman–Crippen MR) is 99.0 cm³/mol. The summed E-state index contributed by atoms with van der Waals surface area (Å²) < 4.78 is 7.17. The van der Waals surface area contributed by atoms with E-state index in [2.05, 4.69) is 33.1 Å². The molecule has 1 unspecified atom stereocenters.